The van der Waals surface area contributed by atoms with E-state index >= 15 is 0 Å². The Morgan fingerprint density at radius 1 is 1.05 bits per heavy atom. The van der Waals surface area contributed by atoms with Crippen molar-refractivity contribution >= 4 is 23.2 Å². The zero-order chi connectivity index (χ0) is 14.8. The van der Waals surface area contributed by atoms with Gasteiger partial charge in [0.25, 0.3) is 0 Å². The van der Waals surface area contributed by atoms with Crippen molar-refractivity contribution in [2.45, 2.75) is 13.8 Å². The maximum absolute atomic E-state index is 12.1. The first kappa shape index (κ1) is 13.6. The summed E-state index contributed by atoms with van der Waals surface area (Å²) in [6.45, 7) is 4.05. The Morgan fingerprint density at radius 2 is 1.81 bits per heavy atom. The summed E-state index contributed by atoms with van der Waals surface area (Å²) in [6.07, 6.45) is 0. The largest absolute Gasteiger partial charge is 0.332 e. The van der Waals surface area contributed by atoms with E-state index in [1.807, 2.05) is 62.4 Å². The Balaban J connectivity index is 2.01. The van der Waals surface area contributed by atoms with Gasteiger partial charge in [-0.15, -0.1) is 0 Å². The highest BCUT2D eigenvalue weighted by Gasteiger charge is 2.11. The minimum atomic E-state index is -0.103. The summed E-state index contributed by atoms with van der Waals surface area (Å²) in [5.74, 6) is 0.541. The van der Waals surface area contributed by atoms with E-state index in [1.54, 1.807) is 4.57 Å². The molecule has 1 heterocycles. The Morgan fingerprint density at radius 3 is 2.52 bits per heavy atom. The highest BCUT2D eigenvalue weighted by molar-refractivity contribution is 7.03. The van der Waals surface area contributed by atoms with Gasteiger partial charge in [-0.05, 0) is 43.7 Å². The second kappa shape index (κ2) is 5.54. The van der Waals surface area contributed by atoms with Crippen LogP contribution in [0.5, 0.6) is 0 Å². The fourth-order valence-corrected chi connectivity index (χ4v) is 2.67. The number of anilines is 2. The summed E-state index contributed by atoms with van der Waals surface area (Å²) in [6, 6.07) is 15.8. The molecule has 0 aliphatic carbocycles. The number of aryl methyl sites for hydroxylation is 2. The Kier molecular flexibility index (Phi) is 3.58. The first-order valence-electron chi connectivity index (χ1n) is 6.63. The topological polar surface area (TPSA) is 46.9 Å². The molecule has 0 fully saturated rings. The Bertz CT molecular complexity index is 818. The molecule has 0 bridgehead atoms. The number of rotatable bonds is 3. The van der Waals surface area contributed by atoms with E-state index in [2.05, 4.69) is 9.69 Å². The molecule has 0 amide bonds. The van der Waals surface area contributed by atoms with Gasteiger partial charge in [0.15, 0.2) is 0 Å². The van der Waals surface area contributed by atoms with E-state index in [0.29, 0.717) is 5.95 Å². The van der Waals surface area contributed by atoms with Crippen LogP contribution < -0.4 is 10.2 Å². The standard InChI is InChI=1S/C16H15N3OS/c1-11-6-8-14(9-7-11)19-15(18-21-16(19)20)17-13-5-3-4-12(2)10-13/h3-10H,1-2H3,(H,17,18). The fourth-order valence-electron chi connectivity index (χ4n) is 2.10. The van der Waals surface area contributed by atoms with Gasteiger partial charge in [-0.1, -0.05) is 29.8 Å². The maximum Gasteiger partial charge on any atom is 0.332 e. The molecule has 2 aromatic carbocycles. The quantitative estimate of drug-likeness (QED) is 0.802. The van der Waals surface area contributed by atoms with Gasteiger partial charge in [-0.25, -0.2) is 4.57 Å². The first-order valence-corrected chi connectivity index (χ1v) is 7.40. The fraction of sp³-hybridized carbons (Fsp3) is 0.125. The van der Waals surface area contributed by atoms with Crippen molar-refractivity contribution in [3.05, 3.63) is 69.3 Å². The Labute approximate surface area is 126 Å². The summed E-state index contributed by atoms with van der Waals surface area (Å²) < 4.78 is 5.81. The molecule has 0 radical (unpaired) electrons. The molecule has 106 valence electrons. The normalized spacial score (nSPS) is 10.6. The molecule has 1 aromatic heterocycles. The molecular weight excluding hydrogens is 282 g/mol. The van der Waals surface area contributed by atoms with E-state index < -0.39 is 0 Å². The van der Waals surface area contributed by atoms with Gasteiger partial charge in [0.2, 0.25) is 5.95 Å². The molecule has 0 aliphatic heterocycles. The lowest BCUT2D eigenvalue weighted by Gasteiger charge is -2.09. The van der Waals surface area contributed by atoms with Crippen LogP contribution >= 0.6 is 11.5 Å². The van der Waals surface area contributed by atoms with Crippen LogP contribution in [0, 0.1) is 13.8 Å². The van der Waals surface area contributed by atoms with Crippen LogP contribution in [0.15, 0.2) is 53.3 Å². The average molecular weight is 297 g/mol. The number of nitrogens with zero attached hydrogens (tertiary/aromatic N) is 2. The van der Waals surface area contributed by atoms with Crippen molar-refractivity contribution in [3.63, 3.8) is 0 Å². The molecule has 0 saturated carbocycles. The molecular formula is C16H15N3OS. The highest BCUT2D eigenvalue weighted by Crippen LogP contribution is 2.19. The van der Waals surface area contributed by atoms with E-state index in [1.165, 1.54) is 0 Å². The van der Waals surface area contributed by atoms with Crippen LogP contribution in [0.2, 0.25) is 0 Å². The molecule has 4 nitrogen and oxygen atoms in total. The molecule has 0 unspecified atom stereocenters. The first-order chi connectivity index (χ1) is 10.1. The molecule has 0 atom stereocenters. The maximum atomic E-state index is 12.1. The molecule has 3 rings (SSSR count). The summed E-state index contributed by atoms with van der Waals surface area (Å²) in [7, 11) is 0. The van der Waals surface area contributed by atoms with Crippen molar-refractivity contribution in [2.24, 2.45) is 0 Å². The minimum Gasteiger partial charge on any atom is -0.324 e. The lowest BCUT2D eigenvalue weighted by atomic mass is 10.2. The zero-order valence-corrected chi connectivity index (χ0v) is 12.6. The van der Waals surface area contributed by atoms with Crippen LogP contribution in [0.4, 0.5) is 11.6 Å². The molecule has 3 aromatic rings. The van der Waals surface area contributed by atoms with Crippen molar-refractivity contribution in [2.75, 3.05) is 5.32 Å². The molecule has 1 N–H and O–H groups in total. The average Bonchev–Trinajstić information content (AvgIpc) is 2.81. The van der Waals surface area contributed by atoms with Crippen molar-refractivity contribution in [1.82, 2.24) is 8.94 Å². The van der Waals surface area contributed by atoms with Crippen molar-refractivity contribution in [1.29, 1.82) is 0 Å². The third-order valence-corrected chi connectivity index (χ3v) is 3.77. The van der Waals surface area contributed by atoms with Crippen molar-refractivity contribution < 1.29 is 0 Å². The van der Waals surface area contributed by atoms with Crippen LogP contribution in [0.1, 0.15) is 11.1 Å². The minimum absolute atomic E-state index is 0.103. The van der Waals surface area contributed by atoms with Crippen LogP contribution in [-0.2, 0) is 0 Å². The van der Waals surface area contributed by atoms with Gasteiger partial charge in [0.1, 0.15) is 0 Å². The summed E-state index contributed by atoms with van der Waals surface area (Å²) in [5.41, 5.74) is 4.04. The molecule has 0 aliphatic rings. The van der Waals surface area contributed by atoms with E-state index in [-0.39, 0.29) is 4.87 Å². The second-order valence-corrected chi connectivity index (χ2v) is 5.65. The Hall–Kier alpha value is -2.40. The lowest BCUT2D eigenvalue weighted by Crippen LogP contribution is -2.13. The summed E-state index contributed by atoms with van der Waals surface area (Å²) in [5, 5.41) is 3.21. The SMILES string of the molecule is Cc1ccc(-n2c(Nc3cccc(C)c3)nsc2=O)cc1. The van der Waals surface area contributed by atoms with Crippen LogP contribution in [0.3, 0.4) is 0 Å². The number of hydrogen-bond acceptors (Lipinski definition) is 4. The molecule has 5 heteroatoms. The molecule has 21 heavy (non-hydrogen) atoms. The third-order valence-electron chi connectivity index (χ3n) is 3.17. The monoisotopic (exact) mass is 297 g/mol. The smallest absolute Gasteiger partial charge is 0.324 e. The van der Waals surface area contributed by atoms with Gasteiger partial charge < -0.3 is 5.32 Å². The zero-order valence-electron chi connectivity index (χ0n) is 11.8. The predicted octanol–water partition coefficient (Wildman–Crippen LogP) is 3.65. The number of hydrogen-bond donors (Lipinski definition) is 1. The molecule has 0 saturated heterocycles. The number of nitrogens with one attached hydrogen (secondary N) is 1. The van der Waals surface area contributed by atoms with Crippen LogP contribution in [-0.4, -0.2) is 8.94 Å². The van der Waals surface area contributed by atoms with Gasteiger partial charge >= 0.3 is 4.87 Å². The van der Waals surface area contributed by atoms with E-state index in [9.17, 15) is 4.79 Å². The van der Waals surface area contributed by atoms with Gasteiger partial charge in [0.05, 0.1) is 5.69 Å². The van der Waals surface area contributed by atoms with Crippen molar-refractivity contribution in [3.8, 4) is 5.69 Å². The van der Waals surface area contributed by atoms with E-state index in [0.717, 1.165) is 34.0 Å². The van der Waals surface area contributed by atoms with Gasteiger partial charge in [-0.2, -0.15) is 4.37 Å². The van der Waals surface area contributed by atoms with Gasteiger partial charge in [-0.3, -0.25) is 4.79 Å². The second-order valence-electron chi connectivity index (χ2n) is 4.94. The third kappa shape index (κ3) is 2.87. The summed E-state index contributed by atoms with van der Waals surface area (Å²) >= 11 is 0.948. The lowest BCUT2D eigenvalue weighted by molar-refractivity contribution is 1.02. The number of aromatic nitrogens is 2. The molecule has 0 spiro atoms. The number of benzene rings is 2. The summed E-state index contributed by atoms with van der Waals surface area (Å²) in [4.78, 5) is 12.0. The van der Waals surface area contributed by atoms with Crippen LogP contribution in [0.25, 0.3) is 5.69 Å². The van der Waals surface area contributed by atoms with E-state index in [4.69, 9.17) is 0 Å². The van der Waals surface area contributed by atoms with Gasteiger partial charge in [0, 0.05) is 17.2 Å². The predicted molar refractivity (Wildman–Crippen MR) is 86.9 cm³/mol. The highest BCUT2D eigenvalue weighted by atomic mass is 32.1.